The first kappa shape index (κ1) is 19.2. The van der Waals surface area contributed by atoms with Crippen LogP contribution in [0.1, 0.15) is 90.9 Å². The maximum Gasteiger partial charge on any atom is 0.191 e. The minimum absolute atomic E-state index is 0.593. The summed E-state index contributed by atoms with van der Waals surface area (Å²) < 4.78 is 16.4. The van der Waals surface area contributed by atoms with Gasteiger partial charge < -0.3 is 4.52 Å². The maximum atomic E-state index is 11.3. The fourth-order valence-electron chi connectivity index (χ4n) is 2.34. The second kappa shape index (κ2) is 16.2. The van der Waals surface area contributed by atoms with Gasteiger partial charge in [-0.1, -0.05) is 77.6 Å². The van der Waals surface area contributed by atoms with Crippen LogP contribution in [-0.2, 0) is 9.09 Å². The first-order valence-electron chi connectivity index (χ1n) is 8.46. The normalized spacial score (nSPS) is 12.7. The zero-order valence-electron chi connectivity index (χ0n) is 13.2. The minimum Gasteiger partial charge on any atom is -0.331 e. The standard InChI is InChI=1S/C16H35O2P/c1-3-5-6-7-8-9-10-11-12-13-14-15-16-19(17)18-4-2/h19H,3-16H2,1-2H3. The van der Waals surface area contributed by atoms with Crippen molar-refractivity contribution in [3.05, 3.63) is 0 Å². The fourth-order valence-corrected chi connectivity index (χ4v) is 3.35. The van der Waals surface area contributed by atoms with Crippen molar-refractivity contribution < 1.29 is 9.09 Å². The van der Waals surface area contributed by atoms with E-state index in [0.29, 0.717) is 6.61 Å². The third-order valence-electron chi connectivity index (χ3n) is 3.54. The Morgan fingerprint density at radius 2 is 1.11 bits per heavy atom. The van der Waals surface area contributed by atoms with Crippen molar-refractivity contribution in [2.75, 3.05) is 12.8 Å². The monoisotopic (exact) mass is 290 g/mol. The summed E-state index contributed by atoms with van der Waals surface area (Å²) in [4.78, 5) is 0. The van der Waals surface area contributed by atoms with E-state index in [-0.39, 0.29) is 0 Å². The molecule has 0 aliphatic rings. The van der Waals surface area contributed by atoms with Crippen LogP contribution >= 0.6 is 8.03 Å². The third-order valence-corrected chi connectivity index (χ3v) is 4.91. The lowest BCUT2D eigenvalue weighted by atomic mass is 10.1. The Morgan fingerprint density at radius 1 is 0.684 bits per heavy atom. The van der Waals surface area contributed by atoms with Crippen molar-refractivity contribution in [2.45, 2.75) is 90.9 Å². The number of hydrogen-bond donors (Lipinski definition) is 0. The molecule has 0 saturated carbocycles. The summed E-state index contributed by atoms with van der Waals surface area (Å²) in [5.41, 5.74) is 0. The molecule has 0 saturated heterocycles. The van der Waals surface area contributed by atoms with Crippen LogP contribution in [0.3, 0.4) is 0 Å². The average molecular weight is 290 g/mol. The van der Waals surface area contributed by atoms with Gasteiger partial charge in [-0.2, -0.15) is 0 Å². The summed E-state index contributed by atoms with van der Waals surface area (Å²) in [7, 11) is -1.70. The van der Waals surface area contributed by atoms with Gasteiger partial charge in [-0.25, -0.2) is 0 Å². The first-order valence-corrected chi connectivity index (χ1v) is 9.99. The van der Waals surface area contributed by atoms with Gasteiger partial charge in [-0.15, -0.1) is 0 Å². The molecule has 0 aliphatic carbocycles. The van der Waals surface area contributed by atoms with Crippen LogP contribution in [0.2, 0.25) is 0 Å². The van der Waals surface area contributed by atoms with Crippen molar-refractivity contribution in [2.24, 2.45) is 0 Å². The molecule has 116 valence electrons. The van der Waals surface area contributed by atoms with Crippen LogP contribution in [0.4, 0.5) is 0 Å². The molecule has 19 heavy (non-hydrogen) atoms. The Morgan fingerprint density at radius 3 is 1.53 bits per heavy atom. The van der Waals surface area contributed by atoms with E-state index in [0.717, 1.165) is 12.6 Å². The van der Waals surface area contributed by atoms with Gasteiger partial charge in [-0.3, -0.25) is 4.57 Å². The van der Waals surface area contributed by atoms with Crippen LogP contribution in [-0.4, -0.2) is 12.8 Å². The zero-order chi connectivity index (χ0) is 14.2. The second-order valence-electron chi connectivity index (χ2n) is 5.44. The molecule has 2 nitrogen and oxygen atoms in total. The van der Waals surface area contributed by atoms with E-state index in [4.69, 9.17) is 4.52 Å². The molecule has 0 aromatic carbocycles. The topological polar surface area (TPSA) is 26.3 Å². The van der Waals surface area contributed by atoms with Crippen LogP contribution in [0.25, 0.3) is 0 Å². The summed E-state index contributed by atoms with van der Waals surface area (Å²) >= 11 is 0. The molecule has 0 spiro atoms. The molecule has 3 heteroatoms. The van der Waals surface area contributed by atoms with Crippen molar-refractivity contribution in [1.82, 2.24) is 0 Å². The SMILES string of the molecule is CCCCCCCCCCCCCC[PH](=O)OCC. The Balaban J connectivity index is 3.01. The molecule has 0 N–H and O–H groups in total. The zero-order valence-corrected chi connectivity index (χ0v) is 14.2. The van der Waals surface area contributed by atoms with Crippen LogP contribution in [0.5, 0.6) is 0 Å². The lowest BCUT2D eigenvalue weighted by Gasteiger charge is -2.03. The van der Waals surface area contributed by atoms with Gasteiger partial charge in [0, 0.05) is 6.16 Å². The van der Waals surface area contributed by atoms with Gasteiger partial charge in [-0.05, 0) is 13.3 Å². The largest absolute Gasteiger partial charge is 0.331 e. The van der Waals surface area contributed by atoms with E-state index in [1.54, 1.807) is 0 Å². The van der Waals surface area contributed by atoms with Crippen LogP contribution in [0.15, 0.2) is 0 Å². The second-order valence-corrected chi connectivity index (χ2v) is 6.98. The quantitative estimate of drug-likeness (QED) is 0.265. The van der Waals surface area contributed by atoms with Gasteiger partial charge >= 0.3 is 0 Å². The van der Waals surface area contributed by atoms with Gasteiger partial charge in [0.2, 0.25) is 0 Å². The summed E-state index contributed by atoms with van der Waals surface area (Å²) in [5, 5.41) is 0. The van der Waals surface area contributed by atoms with E-state index in [1.165, 1.54) is 70.6 Å². The molecule has 1 atom stereocenters. The highest BCUT2D eigenvalue weighted by Crippen LogP contribution is 2.24. The average Bonchev–Trinajstić information content (AvgIpc) is 2.40. The predicted octanol–water partition coefficient (Wildman–Crippen LogP) is 6.20. The van der Waals surface area contributed by atoms with E-state index >= 15 is 0 Å². The highest BCUT2D eigenvalue weighted by atomic mass is 31.1. The van der Waals surface area contributed by atoms with Crippen molar-refractivity contribution in [3.8, 4) is 0 Å². The molecule has 1 unspecified atom stereocenters. The fraction of sp³-hybridized carbons (Fsp3) is 1.00. The van der Waals surface area contributed by atoms with Crippen molar-refractivity contribution in [1.29, 1.82) is 0 Å². The van der Waals surface area contributed by atoms with Gasteiger partial charge in [0.05, 0.1) is 6.61 Å². The molecule has 0 rings (SSSR count). The first-order chi connectivity index (χ1) is 9.31. The molecule has 0 aromatic heterocycles. The number of hydrogen-bond acceptors (Lipinski definition) is 2. The van der Waals surface area contributed by atoms with E-state index in [2.05, 4.69) is 6.92 Å². The van der Waals surface area contributed by atoms with Crippen molar-refractivity contribution in [3.63, 3.8) is 0 Å². The van der Waals surface area contributed by atoms with Gasteiger partial charge in [0.25, 0.3) is 0 Å². The van der Waals surface area contributed by atoms with Crippen molar-refractivity contribution >= 4 is 8.03 Å². The minimum atomic E-state index is -1.70. The number of rotatable bonds is 15. The smallest absolute Gasteiger partial charge is 0.191 e. The lowest BCUT2D eigenvalue weighted by molar-refractivity contribution is 0.349. The molecule has 0 amide bonds. The van der Waals surface area contributed by atoms with E-state index < -0.39 is 8.03 Å². The van der Waals surface area contributed by atoms with E-state index in [9.17, 15) is 4.57 Å². The molecular formula is C16H35O2P. The lowest BCUT2D eigenvalue weighted by Crippen LogP contribution is -1.86. The Labute approximate surface area is 121 Å². The molecular weight excluding hydrogens is 255 g/mol. The Hall–Kier alpha value is 0.190. The predicted molar refractivity (Wildman–Crippen MR) is 86.6 cm³/mol. The van der Waals surface area contributed by atoms with Gasteiger partial charge in [0.15, 0.2) is 8.03 Å². The third kappa shape index (κ3) is 16.1. The molecule has 0 radical (unpaired) electrons. The summed E-state index contributed by atoms with van der Waals surface area (Å²) in [5.74, 6) is 0. The molecule has 0 aromatic rings. The van der Waals surface area contributed by atoms with Crippen LogP contribution < -0.4 is 0 Å². The van der Waals surface area contributed by atoms with Crippen LogP contribution in [0, 0.1) is 0 Å². The summed E-state index contributed by atoms with van der Waals surface area (Å²) in [6.45, 7) is 4.77. The molecule has 0 aliphatic heterocycles. The Kier molecular flexibility index (Phi) is 16.4. The Bertz CT molecular complexity index is 195. The summed E-state index contributed by atoms with van der Waals surface area (Å²) in [6.07, 6.45) is 17.0. The molecule has 0 fully saturated rings. The number of unbranched alkanes of at least 4 members (excludes halogenated alkanes) is 11. The van der Waals surface area contributed by atoms with Gasteiger partial charge in [0.1, 0.15) is 0 Å². The molecule has 0 heterocycles. The highest BCUT2D eigenvalue weighted by Gasteiger charge is 1.98. The maximum absolute atomic E-state index is 11.3. The highest BCUT2D eigenvalue weighted by molar-refractivity contribution is 7.39. The molecule has 0 bridgehead atoms. The van der Waals surface area contributed by atoms with E-state index in [1.807, 2.05) is 6.92 Å². The summed E-state index contributed by atoms with van der Waals surface area (Å²) in [6, 6.07) is 0.